The number of aliphatic carboxylic acids is 3. The van der Waals surface area contributed by atoms with Crippen LogP contribution in [0, 0.1) is 0 Å². The Morgan fingerprint density at radius 3 is 1.17 bits per heavy atom. The standard InChI is InChI=1S/C52H70N10O18S/c1-27(44(71)56-36(18-20-81-2)47(74)60-40(25-43(69)70)51(78)62-41(52(79)80)23-30-10-16-33(66)17-11-30)55-48(75)37(21-28-6-12-31(64)13-7-28)59-50(77)39(24-42(67)68)61-49(76)38(22-29-8-14-32(65)15-9-29)58-46(73)35(5-3-4-19-53)57-45(72)34(54)26-63/h6-17,27,34-41,63-66H,3-5,18-26,53-54H2,1-2H3,(H,55,75)(H,56,71)(H,57,72)(H,58,73)(H,59,77)(H,60,74)(H,61,76)(H,62,78)(H,67,68)(H,69,70)(H,79,80)/t27-,34-,35-,36-,37-,38-,39-,40-,41-/m0/s1. The van der Waals surface area contributed by atoms with Crippen LogP contribution in [0.25, 0.3) is 0 Å². The van der Waals surface area contributed by atoms with Crippen LogP contribution in [0.1, 0.15) is 62.1 Å². The van der Waals surface area contributed by atoms with Crippen LogP contribution in [0.15, 0.2) is 72.8 Å². The number of phenolic OH excluding ortho intramolecular Hbond substituents is 3. The van der Waals surface area contributed by atoms with E-state index in [1.165, 1.54) is 91.5 Å². The average Bonchev–Trinajstić information content (AvgIpc) is 3.41. The van der Waals surface area contributed by atoms with E-state index in [4.69, 9.17) is 11.5 Å². The van der Waals surface area contributed by atoms with Crippen LogP contribution < -0.4 is 54.0 Å². The minimum atomic E-state index is -1.97. The van der Waals surface area contributed by atoms with Gasteiger partial charge < -0.3 is 89.7 Å². The molecule has 28 nitrogen and oxygen atoms in total. The van der Waals surface area contributed by atoms with Crippen molar-refractivity contribution in [3.63, 3.8) is 0 Å². The van der Waals surface area contributed by atoms with Crippen molar-refractivity contribution < 1.29 is 88.5 Å². The number of carbonyl (C=O) groups excluding carboxylic acids is 8. The molecule has 0 radical (unpaired) electrons. The first-order valence-electron chi connectivity index (χ1n) is 25.3. The Bertz CT molecular complexity index is 2650. The number of aliphatic hydroxyl groups is 1. The van der Waals surface area contributed by atoms with Crippen LogP contribution >= 0.6 is 11.8 Å². The molecular formula is C52H70N10O18S. The Morgan fingerprint density at radius 1 is 0.457 bits per heavy atom. The maximum absolute atomic E-state index is 14.2. The molecule has 0 unspecified atom stereocenters. The summed E-state index contributed by atoms with van der Waals surface area (Å²) in [5.41, 5.74) is 12.3. The van der Waals surface area contributed by atoms with E-state index in [0.29, 0.717) is 29.5 Å². The molecule has 0 spiro atoms. The third-order valence-electron chi connectivity index (χ3n) is 12.1. The lowest BCUT2D eigenvalue weighted by Gasteiger charge is -2.27. The van der Waals surface area contributed by atoms with Crippen molar-refractivity contribution in [3.8, 4) is 17.2 Å². The highest BCUT2D eigenvalue weighted by Crippen LogP contribution is 2.16. The minimum absolute atomic E-state index is 0.00144. The van der Waals surface area contributed by atoms with E-state index in [1.807, 2.05) is 0 Å². The summed E-state index contributed by atoms with van der Waals surface area (Å²) in [5.74, 6) is -13.4. The molecule has 0 aliphatic carbocycles. The highest BCUT2D eigenvalue weighted by molar-refractivity contribution is 7.98. The summed E-state index contributed by atoms with van der Waals surface area (Å²) in [4.78, 5) is 146. The van der Waals surface area contributed by atoms with Gasteiger partial charge in [0.15, 0.2) is 0 Å². The average molecular weight is 1160 g/mol. The molecule has 0 heterocycles. The first-order chi connectivity index (χ1) is 38.3. The Hall–Kier alpha value is -8.54. The summed E-state index contributed by atoms with van der Waals surface area (Å²) in [5, 5.41) is 87.2. The molecule has 3 aromatic rings. The maximum Gasteiger partial charge on any atom is 0.326 e. The van der Waals surface area contributed by atoms with E-state index < -0.39 is 139 Å². The Balaban J connectivity index is 1.89. The zero-order valence-electron chi connectivity index (χ0n) is 44.3. The van der Waals surface area contributed by atoms with Gasteiger partial charge in [-0.2, -0.15) is 11.8 Å². The number of phenols is 3. The van der Waals surface area contributed by atoms with Crippen LogP contribution in [-0.4, -0.2) is 180 Å². The van der Waals surface area contributed by atoms with Gasteiger partial charge in [0.05, 0.1) is 19.4 Å². The molecule has 0 saturated heterocycles. The fourth-order valence-electron chi connectivity index (χ4n) is 7.66. The molecule has 29 heteroatoms. The van der Waals surface area contributed by atoms with Crippen LogP contribution in [0.5, 0.6) is 17.2 Å². The van der Waals surface area contributed by atoms with Gasteiger partial charge >= 0.3 is 17.9 Å². The second-order valence-electron chi connectivity index (χ2n) is 18.7. The van der Waals surface area contributed by atoms with E-state index in [-0.39, 0.29) is 61.7 Å². The molecule has 442 valence electrons. The molecule has 0 saturated carbocycles. The lowest BCUT2D eigenvalue weighted by molar-refractivity contribution is -0.143. The second kappa shape index (κ2) is 33.8. The number of carboxylic acid groups (broad SMARTS) is 3. The number of amides is 8. The van der Waals surface area contributed by atoms with Crippen molar-refractivity contribution in [2.24, 2.45) is 11.5 Å². The Labute approximate surface area is 468 Å². The molecule has 19 N–H and O–H groups in total. The number of aliphatic hydroxyl groups excluding tert-OH is 1. The van der Waals surface area contributed by atoms with Crippen molar-refractivity contribution in [2.45, 2.75) is 119 Å². The number of carboxylic acids is 3. The highest BCUT2D eigenvalue weighted by Gasteiger charge is 2.36. The number of unbranched alkanes of at least 4 members (excludes halogenated alkanes) is 1. The largest absolute Gasteiger partial charge is 0.508 e. The quantitative estimate of drug-likeness (QED) is 0.0260. The third-order valence-corrected chi connectivity index (χ3v) is 12.8. The van der Waals surface area contributed by atoms with Gasteiger partial charge in [-0.05, 0) is 104 Å². The van der Waals surface area contributed by atoms with Crippen LogP contribution in [0.3, 0.4) is 0 Å². The topological polar surface area (TPSA) is 478 Å². The summed E-state index contributed by atoms with van der Waals surface area (Å²) >= 11 is 1.25. The monoisotopic (exact) mass is 1150 g/mol. The van der Waals surface area contributed by atoms with Gasteiger partial charge in [-0.25, -0.2) is 4.79 Å². The van der Waals surface area contributed by atoms with Gasteiger partial charge in [0.2, 0.25) is 47.3 Å². The smallest absolute Gasteiger partial charge is 0.326 e. The summed E-state index contributed by atoms with van der Waals surface area (Å²) in [6.45, 7) is 0.670. The predicted molar refractivity (Wildman–Crippen MR) is 290 cm³/mol. The zero-order chi connectivity index (χ0) is 60.3. The molecule has 0 aliphatic rings. The SMILES string of the molecule is CSCC[C@H](NC(=O)[C@H](C)NC(=O)[C@H](Cc1ccc(O)cc1)NC(=O)[C@H](CC(=O)O)NC(=O)[C@H](Cc1ccc(O)cc1)NC(=O)[C@H](CCCCN)NC(=O)[C@@H](N)CO)C(=O)N[C@@H](CC(=O)O)C(=O)N[C@@H](Cc1ccc(O)cc1)C(=O)O. The Morgan fingerprint density at radius 2 is 0.790 bits per heavy atom. The van der Waals surface area contributed by atoms with Crippen molar-refractivity contribution in [1.82, 2.24) is 42.5 Å². The number of nitrogens with two attached hydrogens (primary N) is 2. The number of carbonyl (C=O) groups is 11. The molecule has 0 aliphatic heterocycles. The minimum Gasteiger partial charge on any atom is -0.508 e. The van der Waals surface area contributed by atoms with Gasteiger partial charge in [-0.1, -0.05) is 36.4 Å². The molecule has 0 aromatic heterocycles. The van der Waals surface area contributed by atoms with E-state index in [2.05, 4.69) is 42.5 Å². The van der Waals surface area contributed by atoms with E-state index in [9.17, 15) is 88.5 Å². The number of rotatable bonds is 35. The lowest BCUT2D eigenvalue weighted by Crippen LogP contribution is -2.61. The summed E-state index contributed by atoms with van der Waals surface area (Å²) in [6, 6.07) is 1.65. The van der Waals surface area contributed by atoms with Crippen LogP contribution in [-0.2, 0) is 72.0 Å². The third kappa shape index (κ3) is 23.8. The molecule has 3 rings (SSSR count). The predicted octanol–water partition coefficient (Wildman–Crippen LogP) is -3.03. The van der Waals surface area contributed by atoms with Crippen LogP contribution in [0.4, 0.5) is 0 Å². The maximum atomic E-state index is 14.2. The number of nitrogens with one attached hydrogen (secondary N) is 8. The normalized spacial score (nSPS) is 14.3. The number of benzene rings is 3. The van der Waals surface area contributed by atoms with Gasteiger partial charge in [0.1, 0.15) is 71.6 Å². The molecule has 81 heavy (non-hydrogen) atoms. The summed E-state index contributed by atoms with van der Waals surface area (Å²) in [6.07, 6.45) is -0.776. The van der Waals surface area contributed by atoms with E-state index in [0.717, 1.165) is 0 Å². The first kappa shape index (κ1) is 66.7. The molecule has 8 amide bonds. The molecule has 9 atom stereocenters. The van der Waals surface area contributed by atoms with E-state index >= 15 is 0 Å². The van der Waals surface area contributed by atoms with Gasteiger partial charge in [-0.3, -0.25) is 47.9 Å². The number of thioether (sulfide) groups is 1. The number of hydrogen-bond acceptors (Lipinski definition) is 18. The fourth-order valence-corrected chi connectivity index (χ4v) is 8.13. The highest BCUT2D eigenvalue weighted by atomic mass is 32.2. The lowest BCUT2D eigenvalue weighted by atomic mass is 10.0. The summed E-state index contributed by atoms with van der Waals surface area (Å²) < 4.78 is 0. The van der Waals surface area contributed by atoms with Crippen molar-refractivity contribution in [2.75, 3.05) is 25.2 Å². The van der Waals surface area contributed by atoms with Crippen LogP contribution in [0.2, 0.25) is 0 Å². The number of hydrogen-bond donors (Lipinski definition) is 17. The van der Waals surface area contributed by atoms with Crippen molar-refractivity contribution in [3.05, 3.63) is 89.5 Å². The molecule has 0 bridgehead atoms. The molecular weight excluding hydrogens is 1080 g/mol. The Kier molecular flexibility index (Phi) is 27.8. The van der Waals surface area contributed by atoms with Gasteiger partial charge in [0, 0.05) is 19.3 Å². The molecule has 3 aromatic carbocycles. The van der Waals surface area contributed by atoms with Gasteiger partial charge in [-0.15, -0.1) is 0 Å². The zero-order valence-corrected chi connectivity index (χ0v) is 45.1. The molecule has 0 fully saturated rings. The first-order valence-corrected chi connectivity index (χ1v) is 26.7. The second-order valence-corrected chi connectivity index (χ2v) is 19.6. The fraction of sp³-hybridized carbons (Fsp3) is 0.442. The van der Waals surface area contributed by atoms with Crippen molar-refractivity contribution >= 4 is 76.9 Å². The van der Waals surface area contributed by atoms with Crippen molar-refractivity contribution in [1.29, 1.82) is 0 Å². The van der Waals surface area contributed by atoms with E-state index in [1.54, 1.807) is 6.26 Å². The number of aromatic hydroxyl groups is 3. The van der Waals surface area contributed by atoms with Gasteiger partial charge in [0.25, 0.3) is 0 Å². The summed E-state index contributed by atoms with van der Waals surface area (Å²) in [7, 11) is 0.